The van der Waals surface area contributed by atoms with Crippen LogP contribution in [0.5, 0.6) is 0 Å². The lowest BCUT2D eigenvalue weighted by molar-refractivity contribution is 0.599. The van der Waals surface area contributed by atoms with Gasteiger partial charge in [0, 0.05) is 29.2 Å². The Balaban J connectivity index is 1.41. The summed E-state index contributed by atoms with van der Waals surface area (Å²) in [5.74, 6) is 0.583. The standard InChI is InChI=1S/C28H26N6O4S2/c1-20-17-27(30-21(2)29-20)33-39(35,36)25-15-13-24(14-16-25)32-40(37,38)26-19-34(18-22-9-5-3-6-10-22)31-28(26)23-11-7-4-8-12-23/h3-17,19,32H,18H2,1-2H3,(H,29,30,33). The number of hydrogen-bond acceptors (Lipinski definition) is 7. The molecule has 0 bridgehead atoms. The van der Waals surface area contributed by atoms with E-state index >= 15 is 0 Å². The highest BCUT2D eigenvalue weighted by Crippen LogP contribution is 2.28. The zero-order valence-electron chi connectivity index (χ0n) is 21.7. The van der Waals surface area contributed by atoms with Gasteiger partial charge < -0.3 is 0 Å². The van der Waals surface area contributed by atoms with E-state index in [1.54, 1.807) is 30.7 Å². The third kappa shape index (κ3) is 6.19. The van der Waals surface area contributed by atoms with Crippen LogP contribution >= 0.6 is 0 Å². The Morgan fingerprint density at radius 1 is 0.750 bits per heavy atom. The van der Waals surface area contributed by atoms with Crippen LogP contribution < -0.4 is 9.44 Å². The van der Waals surface area contributed by atoms with E-state index in [4.69, 9.17) is 0 Å². The molecule has 0 fully saturated rings. The van der Waals surface area contributed by atoms with Crippen LogP contribution in [0.15, 0.2) is 107 Å². The van der Waals surface area contributed by atoms with Crippen molar-refractivity contribution in [2.75, 3.05) is 9.44 Å². The van der Waals surface area contributed by atoms with Gasteiger partial charge in [-0.1, -0.05) is 60.7 Å². The predicted octanol–water partition coefficient (Wildman–Crippen LogP) is 4.61. The second-order valence-corrected chi connectivity index (χ2v) is 12.4. The Morgan fingerprint density at radius 3 is 2.05 bits per heavy atom. The second-order valence-electron chi connectivity index (χ2n) is 9.07. The fourth-order valence-electron chi connectivity index (χ4n) is 4.13. The molecule has 0 saturated carbocycles. The summed E-state index contributed by atoms with van der Waals surface area (Å²) in [6.45, 7) is 3.80. The molecule has 5 rings (SSSR count). The SMILES string of the molecule is Cc1cc(NS(=O)(=O)c2ccc(NS(=O)(=O)c3cn(Cc4ccccc4)nc3-c3ccccc3)cc2)nc(C)n1. The van der Waals surface area contributed by atoms with Gasteiger partial charge in [0.25, 0.3) is 20.0 Å². The molecular weight excluding hydrogens is 548 g/mol. The number of nitrogens with zero attached hydrogens (tertiary/aromatic N) is 4. The van der Waals surface area contributed by atoms with E-state index in [9.17, 15) is 16.8 Å². The van der Waals surface area contributed by atoms with Crippen LogP contribution in [0.3, 0.4) is 0 Å². The van der Waals surface area contributed by atoms with E-state index in [0.29, 0.717) is 29.3 Å². The van der Waals surface area contributed by atoms with E-state index < -0.39 is 20.0 Å². The van der Waals surface area contributed by atoms with Gasteiger partial charge in [-0.25, -0.2) is 26.8 Å². The maximum Gasteiger partial charge on any atom is 0.265 e. The highest BCUT2D eigenvalue weighted by atomic mass is 32.2. The minimum atomic E-state index is -4.09. The third-order valence-corrected chi connectivity index (χ3v) is 8.63. The molecule has 40 heavy (non-hydrogen) atoms. The van der Waals surface area contributed by atoms with E-state index in [1.807, 2.05) is 48.5 Å². The summed E-state index contributed by atoms with van der Waals surface area (Å²) in [5, 5.41) is 4.58. The summed E-state index contributed by atoms with van der Waals surface area (Å²) in [7, 11) is -8.04. The predicted molar refractivity (Wildman–Crippen MR) is 153 cm³/mol. The number of rotatable bonds is 9. The third-order valence-electron chi connectivity index (χ3n) is 5.87. The molecule has 0 spiro atoms. The minimum absolute atomic E-state index is 0.00231. The van der Waals surface area contributed by atoms with Crippen LogP contribution in [-0.4, -0.2) is 36.6 Å². The monoisotopic (exact) mass is 574 g/mol. The molecule has 2 N–H and O–H groups in total. The second kappa shape index (κ2) is 10.9. The van der Waals surface area contributed by atoms with Gasteiger partial charge in [0.05, 0.1) is 11.4 Å². The Bertz CT molecular complexity index is 1840. The van der Waals surface area contributed by atoms with Gasteiger partial charge in [-0.05, 0) is 43.7 Å². The molecule has 3 aromatic carbocycles. The fourth-order valence-corrected chi connectivity index (χ4v) is 6.35. The van der Waals surface area contributed by atoms with Crippen molar-refractivity contribution in [2.24, 2.45) is 0 Å². The van der Waals surface area contributed by atoms with Crippen molar-refractivity contribution < 1.29 is 16.8 Å². The lowest BCUT2D eigenvalue weighted by Gasteiger charge is -2.11. The van der Waals surface area contributed by atoms with E-state index in [2.05, 4.69) is 24.5 Å². The fraction of sp³-hybridized carbons (Fsp3) is 0.107. The zero-order valence-corrected chi connectivity index (χ0v) is 23.3. The van der Waals surface area contributed by atoms with Crippen molar-refractivity contribution in [1.82, 2.24) is 19.7 Å². The first-order chi connectivity index (χ1) is 19.1. The highest BCUT2D eigenvalue weighted by Gasteiger charge is 2.24. The number of benzene rings is 3. The van der Waals surface area contributed by atoms with Crippen LogP contribution in [0.1, 0.15) is 17.1 Å². The average molecular weight is 575 g/mol. The topological polar surface area (TPSA) is 136 Å². The molecule has 0 unspecified atom stereocenters. The normalized spacial score (nSPS) is 11.8. The molecule has 2 heterocycles. The molecule has 0 aliphatic carbocycles. The first kappa shape index (κ1) is 27.0. The lowest BCUT2D eigenvalue weighted by Crippen LogP contribution is -2.16. The molecule has 2 aromatic heterocycles. The number of sulfonamides is 2. The molecular formula is C28H26N6O4S2. The number of hydrogen-bond donors (Lipinski definition) is 2. The summed E-state index contributed by atoms with van der Waals surface area (Å²) in [4.78, 5) is 8.19. The Kier molecular flexibility index (Phi) is 7.37. The van der Waals surface area contributed by atoms with Crippen LogP contribution in [0.25, 0.3) is 11.3 Å². The molecule has 12 heteroatoms. The summed E-state index contributed by atoms with van der Waals surface area (Å²) in [6, 6.07) is 25.6. The lowest BCUT2D eigenvalue weighted by atomic mass is 10.2. The Hall–Kier alpha value is -4.55. The summed E-state index contributed by atoms with van der Waals surface area (Å²) >= 11 is 0. The molecule has 10 nitrogen and oxygen atoms in total. The molecule has 0 aliphatic heterocycles. The van der Waals surface area contributed by atoms with Crippen LogP contribution in [0.2, 0.25) is 0 Å². The highest BCUT2D eigenvalue weighted by molar-refractivity contribution is 7.93. The van der Waals surface area contributed by atoms with Crippen molar-refractivity contribution >= 4 is 31.6 Å². The van der Waals surface area contributed by atoms with E-state index in [0.717, 1.165) is 5.56 Å². The molecule has 0 amide bonds. The van der Waals surface area contributed by atoms with Crippen molar-refractivity contribution in [3.05, 3.63) is 114 Å². The molecule has 0 atom stereocenters. The van der Waals surface area contributed by atoms with Crippen molar-refractivity contribution in [3.8, 4) is 11.3 Å². The zero-order chi connectivity index (χ0) is 28.3. The van der Waals surface area contributed by atoms with Crippen LogP contribution in [0, 0.1) is 13.8 Å². The summed E-state index contributed by atoms with van der Waals surface area (Å²) in [5.41, 5.74) is 2.75. The number of nitrogens with one attached hydrogen (secondary N) is 2. The summed E-state index contributed by atoms with van der Waals surface area (Å²) in [6.07, 6.45) is 1.49. The average Bonchev–Trinajstić information content (AvgIpc) is 3.34. The Labute approximate surface area is 232 Å². The van der Waals surface area contributed by atoms with Crippen molar-refractivity contribution in [3.63, 3.8) is 0 Å². The van der Waals surface area contributed by atoms with Crippen molar-refractivity contribution in [1.29, 1.82) is 0 Å². The number of aryl methyl sites for hydroxylation is 2. The molecule has 0 saturated heterocycles. The molecule has 0 radical (unpaired) electrons. The van der Waals surface area contributed by atoms with Gasteiger partial charge in [-0.3, -0.25) is 14.1 Å². The van der Waals surface area contributed by atoms with Gasteiger partial charge in [0.2, 0.25) is 0 Å². The van der Waals surface area contributed by atoms with Gasteiger partial charge >= 0.3 is 0 Å². The van der Waals surface area contributed by atoms with Crippen LogP contribution in [0.4, 0.5) is 11.5 Å². The molecule has 0 aliphatic rings. The number of anilines is 2. The van der Waals surface area contributed by atoms with Gasteiger partial charge in [-0.15, -0.1) is 0 Å². The molecule has 204 valence electrons. The van der Waals surface area contributed by atoms with Gasteiger partial charge in [0.1, 0.15) is 22.2 Å². The smallest absolute Gasteiger partial charge is 0.265 e. The van der Waals surface area contributed by atoms with E-state index in [-0.39, 0.29) is 21.3 Å². The first-order valence-corrected chi connectivity index (χ1v) is 15.2. The van der Waals surface area contributed by atoms with Gasteiger partial charge in [-0.2, -0.15) is 5.10 Å². The maximum atomic E-state index is 13.5. The van der Waals surface area contributed by atoms with Gasteiger partial charge in [0.15, 0.2) is 0 Å². The molecule has 5 aromatic rings. The Morgan fingerprint density at radius 2 is 1.40 bits per heavy atom. The van der Waals surface area contributed by atoms with E-state index in [1.165, 1.54) is 36.5 Å². The maximum absolute atomic E-state index is 13.5. The first-order valence-electron chi connectivity index (χ1n) is 12.2. The van der Waals surface area contributed by atoms with Crippen LogP contribution in [-0.2, 0) is 26.6 Å². The quantitative estimate of drug-likeness (QED) is 0.262. The minimum Gasteiger partial charge on any atom is -0.280 e. The number of aromatic nitrogens is 4. The van der Waals surface area contributed by atoms with Crippen molar-refractivity contribution in [2.45, 2.75) is 30.2 Å². The largest absolute Gasteiger partial charge is 0.280 e. The summed E-state index contributed by atoms with van der Waals surface area (Å²) < 4.78 is 59.4.